The molecule has 27 heavy (non-hydrogen) atoms. The zero-order chi connectivity index (χ0) is 18.6. The van der Waals surface area contributed by atoms with E-state index < -0.39 is 0 Å². The number of benzene rings is 2. The van der Waals surface area contributed by atoms with Crippen molar-refractivity contribution in [3.8, 4) is 17.1 Å². The predicted molar refractivity (Wildman–Crippen MR) is 107 cm³/mol. The Morgan fingerprint density at radius 1 is 1.00 bits per heavy atom. The number of carbonyl (C=O) groups is 1. The average molecular weight is 363 g/mol. The third-order valence-electron chi connectivity index (χ3n) is 5.25. The summed E-state index contributed by atoms with van der Waals surface area (Å²) in [6.07, 6.45) is 4.63. The largest absolute Gasteiger partial charge is 0.497 e. The Morgan fingerprint density at radius 3 is 2.41 bits per heavy atom. The van der Waals surface area contributed by atoms with Gasteiger partial charge < -0.3 is 14.2 Å². The maximum Gasteiger partial charge on any atom is 0.242 e. The summed E-state index contributed by atoms with van der Waals surface area (Å²) in [7, 11) is 1.66. The molecule has 0 N–H and O–H groups in total. The van der Waals surface area contributed by atoms with Gasteiger partial charge in [-0.25, -0.2) is 4.98 Å². The molecule has 140 valence electrons. The highest BCUT2D eigenvalue weighted by Crippen LogP contribution is 2.26. The van der Waals surface area contributed by atoms with E-state index in [9.17, 15) is 4.79 Å². The highest BCUT2D eigenvalue weighted by atomic mass is 16.5. The van der Waals surface area contributed by atoms with Gasteiger partial charge in [-0.15, -0.1) is 0 Å². The minimum Gasteiger partial charge on any atom is -0.497 e. The van der Waals surface area contributed by atoms with E-state index in [2.05, 4.69) is 0 Å². The van der Waals surface area contributed by atoms with Gasteiger partial charge in [0, 0.05) is 18.7 Å². The first kappa shape index (κ1) is 17.6. The van der Waals surface area contributed by atoms with Crippen molar-refractivity contribution in [1.29, 1.82) is 0 Å². The first-order chi connectivity index (χ1) is 13.3. The van der Waals surface area contributed by atoms with Gasteiger partial charge in [0.15, 0.2) is 0 Å². The Balaban J connectivity index is 1.70. The Morgan fingerprint density at radius 2 is 1.70 bits per heavy atom. The molecule has 4 rings (SSSR count). The molecule has 0 aliphatic carbocycles. The van der Waals surface area contributed by atoms with Crippen molar-refractivity contribution in [2.75, 3.05) is 20.2 Å². The van der Waals surface area contributed by atoms with Crippen molar-refractivity contribution in [2.45, 2.75) is 32.2 Å². The summed E-state index contributed by atoms with van der Waals surface area (Å²) in [5.41, 5.74) is 2.88. The number of hydrogen-bond acceptors (Lipinski definition) is 3. The molecule has 5 heteroatoms. The van der Waals surface area contributed by atoms with Gasteiger partial charge in [-0.05, 0) is 49.2 Å². The molecule has 1 amide bonds. The zero-order valence-corrected chi connectivity index (χ0v) is 15.7. The summed E-state index contributed by atoms with van der Waals surface area (Å²) in [6, 6.07) is 15.8. The van der Waals surface area contributed by atoms with Crippen molar-refractivity contribution in [3.63, 3.8) is 0 Å². The highest BCUT2D eigenvalue weighted by molar-refractivity contribution is 5.84. The lowest BCUT2D eigenvalue weighted by atomic mass is 10.2. The lowest BCUT2D eigenvalue weighted by Gasteiger charge is -2.21. The number of likely N-dealkylation sites (tertiary alicyclic amines) is 1. The van der Waals surface area contributed by atoms with E-state index in [1.54, 1.807) is 7.11 Å². The molecule has 0 atom stereocenters. The van der Waals surface area contributed by atoms with Crippen LogP contribution < -0.4 is 4.74 Å². The van der Waals surface area contributed by atoms with Gasteiger partial charge in [-0.1, -0.05) is 25.0 Å². The standard InChI is InChI=1S/C22H25N3O2/c1-27-18-12-10-17(11-13-18)22-23-19-8-4-5-9-20(19)25(22)16-21(26)24-14-6-2-3-7-15-24/h4-5,8-13H,2-3,6-7,14-16H2,1H3. The van der Waals surface area contributed by atoms with Crippen molar-refractivity contribution in [2.24, 2.45) is 0 Å². The van der Waals surface area contributed by atoms with Crippen LogP contribution in [0, 0.1) is 0 Å². The molecule has 0 bridgehead atoms. The minimum atomic E-state index is 0.176. The third-order valence-corrected chi connectivity index (χ3v) is 5.25. The number of methoxy groups -OCH3 is 1. The van der Waals surface area contributed by atoms with Gasteiger partial charge in [0.2, 0.25) is 5.91 Å². The van der Waals surface area contributed by atoms with Crippen LogP contribution in [0.5, 0.6) is 5.75 Å². The number of fused-ring (bicyclic) bond motifs is 1. The van der Waals surface area contributed by atoms with Crippen LogP contribution in [0.2, 0.25) is 0 Å². The number of rotatable bonds is 4. The second-order valence-corrected chi connectivity index (χ2v) is 7.03. The first-order valence-electron chi connectivity index (χ1n) is 9.64. The fourth-order valence-electron chi connectivity index (χ4n) is 3.75. The Hall–Kier alpha value is -2.82. The maximum atomic E-state index is 13.0. The van der Waals surface area contributed by atoms with Crippen LogP contribution in [0.4, 0.5) is 0 Å². The van der Waals surface area contributed by atoms with E-state index in [1.807, 2.05) is 58.0 Å². The Labute approximate surface area is 159 Å². The van der Waals surface area contributed by atoms with E-state index in [0.717, 1.165) is 54.1 Å². The molecule has 0 unspecified atom stereocenters. The Kier molecular flexibility index (Phi) is 5.10. The maximum absolute atomic E-state index is 13.0. The monoisotopic (exact) mass is 363 g/mol. The fraction of sp³-hybridized carbons (Fsp3) is 0.364. The molecule has 2 heterocycles. The van der Waals surface area contributed by atoms with Crippen molar-refractivity contribution >= 4 is 16.9 Å². The summed E-state index contributed by atoms with van der Waals surface area (Å²) in [4.78, 5) is 19.8. The molecule has 2 aromatic carbocycles. The van der Waals surface area contributed by atoms with Crippen LogP contribution in [-0.2, 0) is 11.3 Å². The van der Waals surface area contributed by atoms with Crippen LogP contribution in [0.25, 0.3) is 22.4 Å². The van der Waals surface area contributed by atoms with E-state index >= 15 is 0 Å². The van der Waals surface area contributed by atoms with Crippen LogP contribution in [-0.4, -0.2) is 40.6 Å². The number of imidazole rings is 1. The third kappa shape index (κ3) is 3.68. The van der Waals surface area contributed by atoms with Crippen LogP contribution in [0.3, 0.4) is 0 Å². The normalized spacial score (nSPS) is 14.9. The molecule has 3 aromatic rings. The minimum absolute atomic E-state index is 0.176. The number of para-hydroxylation sites is 2. The summed E-state index contributed by atoms with van der Waals surface area (Å²) >= 11 is 0. The molecule has 1 fully saturated rings. The van der Waals surface area contributed by atoms with E-state index in [1.165, 1.54) is 12.8 Å². The number of carbonyl (C=O) groups excluding carboxylic acids is 1. The van der Waals surface area contributed by atoms with Crippen LogP contribution in [0.15, 0.2) is 48.5 Å². The Bertz CT molecular complexity index is 922. The van der Waals surface area contributed by atoms with Gasteiger partial charge in [0.25, 0.3) is 0 Å². The smallest absolute Gasteiger partial charge is 0.242 e. The molecule has 5 nitrogen and oxygen atoms in total. The summed E-state index contributed by atoms with van der Waals surface area (Å²) < 4.78 is 7.31. The van der Waals surface area contributed by atoms with Gasteiger partial charge in [-0.2, -0.15) is 0 Å². The number of hydrogen-bond donors (Lipinski definition) is 0. The predicted octanol–water partition coefficient (Wildman–Crippen LogP) is 4.11. The van der Waals surface area contributed by atoms with Crippen LogP contribution in [0.1, 0.15) is 25.7 Å². The van der Waals surface area contributed by atoms with Crippen molar-refractivity contribution in [1.82, 2.24) is 14.5 Å². The average Bonchev–Trinajstić information content (AvgIpc) is 2.88. The molecule has 1 aromatic heterocycles. The lowest BCUT2D eigenvalue weighted by Crippen LogP contribution is -2.34. The second-order valence-electron chi connectivity index (χ2n) is 7.03. The van der Waals surface area contributed by atoms with Crippen molar-refractivity contribution in [3.05, 3.63) is 48.5 Å². The summed E-state index contributed by atoms with van der Waals surface area (Å²) in [5, 5.41) is 0. The quantitative estimate of drug-likeness (QED) is 0.701. The number of nitrogens with zero attached hydrogens (tertiary/aromatic N) is 3. The summed E-state index contributed by atoms with van der Waals surface area (Å²) in [5.74, 6) is 1.80. The van der Waals surface area contributed by atoms with Crippen molar-refractivity contribution < 1.29 is 9.53 Å². The molecule has 1 aliphatic heterocycles. The number of aromatic nitrogens is 2. The topological polar surface area (TPSA) is 47.4 Å². The fourth-order valence-corrected chi connectivity index (χ4v) is 3.75. The number of amides is 1. The second kappa shape index (κ2) is 7.82. The first-order valence-corrected chi connectivity index (χ1v) is 9.64. The molecule has 0 saturated carbocycles. The van der Waals surface area contributed by atoms with Crippen LogP contribution >= 0.6 is 0 Å². The molecule has 1 aliphatic rings. The highest BCUT2D eigenvalue weighted by Gasteiger charge is 2.20. The van der Waals surface area contributed by atoms with Gasteiger partial charge in [0.1, 0.15) is 18.1 Å². The van der Waals surface area contributed by atoms with Gasteiger partial charge >= 0.3 is 0 Å². The molecular weight excluding hydrogens is 338 g/mol. The van der Waals surface area contributed by atoms with E-state index in [-0.39, 0.29) is 5.91 Å². The van der Waals surface area contributed by atoms with E-state index in [4.69, 9.17) is 9.72 Å². The van der Waals surface area contributed by atoms with E-state index in [0.29, 0.717) is 6.54 Å². The molecule has 0 spiro atoms. The molecule has 1 saturated heterocycles. The molecule has 0 radical (unpaired) electrons. The van der Waals surface area contributed by atoms with Gasteiger partial charge in [-0.3, -0.25) is 4.79 Å². The number of ether oxygens (including phenoxy) is 1. The zero-order valence-electron chi connectivity index (χ0n) is 15.7. The molecular formula is C22H25N3O2. The summed E-state index contributed by atoms with van der Waals surface area (Å²) in [6.45, 7) is 2.05. The van der Waals surface area contributed by atoms with Gasteiger partial charge in [0.05, 0.1) is 18.1 Å². The lowest BCUT2D eigenvalue weighted by molar-refractivity contribution is -0.131. The SMILES string of the molecule is COc1ccc(-c2nc3ccccc3n2CC(=O)N2CCCCCC2)cc1.